The Morgan fingerprint density at radius 3 is 2.03 bits per heavy atom. The van der Waals surface area contributed by atoms with E-state index < -0.39 is 0 Å². The fourth-order valence-corrected chi connectivity index (χ4v) is 4.15. The van der Waals surface area contributed by atoms with Gasteiger partial charge in [0.1, 0.15) is 11.5 Å². The molecular weight excluding hydrogens is 451 g/mol. The highest BCUT2D eigenvalue weighted by atomic mass is 35.5. The fraction of sp³-hybridized carbons (Fsp3) is 0.286. The molecule has 0 aliphatic rings. The Labute approximate surface area is 190 Å². The Kier molecular flexibility index (Phi) is 8.87. The lowest BCUT2D eigenvalue weighted by atomic mass is 10.3. The van der Waals surface area contributed by atoms with Crippen molar-refractivity contribution in [1.29, 1.82) is 0 Å². The molecule has 0 aliphatic carbocycles. The van der Waals surface area contributed by atoms with E-state index in [2.05, 4.69) is 4.98 Å². The Morgan fingerprint density at radius 1 is 0.897 bits per heavy atom. The number of ether oxygens (including phenoxy) is 2. The van der Waals surface area contributed by atoms with E-state index in [9.17, 15) is 0 Å². The second-order valence-corrected chi connectivity index (χ2v) is 8.52. The van der Waals surface area contributed by atoms with Gasteiger partial charge in [-0.2, -0.15) is 0 Å². The van der Waals surface area contributed by atoms with Crippen LogP contribution in [-0.2, 0) is 6.54 Å². The summed E-state index contributed by atoms with van der Waals surface area (Å²) in [6, 6.07) is 11.5. The molecule has 0 radical (unpaired) electrons. The summed E-state index contributed by atoms with van der Waals surface area (Å²) >= 11 is 19.9. The quantitative estimate of drug-likeness (QED) is 0.227. The van der Waals surface area contributed by atoms with E-state index in [1.807, 2.05) is 47.2 Å². The van der Waals surface area contributed by atoms with Crippen molar-refractivity contribution in [2.45, 2.75) is 29.2 Å². The summed E-state index contributed by atoms with van der Waals surface area (Å²) in [4.78, 5) is 6.03. The van der Waals surface area contributed by atoms with Gasteiger partial charge < -0.3 is 14.0 Å². The lowest BCUT2D eigenvalue weighted by Crippen LogP contribution is -2.03. The number of alkyl halides is 1. The topological polar surface area (TPSA) is 36.3 Å². The van der Waals surface area contributed by atoms with Gasteiger partial charge in [0.15, 0.2) is 0 Å². The molecule has 0 fully saturated rings. The van der Waals surface area contributed by atoms with Crippen molar-refractivity contribution in [2.24, 2.45) is 0 Å². The molecule has 2 aromatic carbocycles. The first-order valence-electron chi connectivity index (χ1n) is 9.20. The largest absolute Gasteiger partial charge is 0.492 e. The highest BCUT2D eigenvalue weighted by Crippen LogP contribution is 2.36. The minimum atomic E-state index is 0.551. The first-order chi connectivity index (χ1) is 14.2. The van der Waals surface area contributed by atoms with Crippen LogP contribution in [0.1, 0.15) is 12.8 Å². The molecule has 4 nitrogen and oxygen atoms in total. The molecule has 0 unspecified atom stereocenters. The standard InChI is InChI=1S/C21H21Cl3N2O2S/c22-7-1-11-27-20-5-3-16(13-18(20)23)29-17-4-6-21(19(24)14-17)28-12-2-9-26-10-8-25-15-26/h3-6,8,10,13-15H,1-2,7,9,11-12H2. The van der Waals surface area contributed by atoms with Gasteiger partial charge in [-0.25, -0.2) is 4.98 Å². The van der Waals surface area contributed by atoms with E-state index in [0.29, 0.717) is 40.6 Å². The number of hydrogen-bond acceptors (Lipinski definition) is 4. The lowest BCUT2D eigenvalue weighted by Gasteiger charge is -2.11. The molecule has 154 valence electrons. The van der Waals surface area contributed by atoms with Crippen LogP contribution in [0.5, 0.6) is 11.5 Å². The third-order valence-electron chi connectivity index (χ3n) is 3.96. The normalized spacial score (nSPS) is 10.9. The summed E-state index contributed by atoms with van der Waals surface area (Å²) in [5, 5.41) is 1.17. The predicted octanol–water partition coefficient (Wildman–Crippen LogP) is 6.82. The van der Waals surface area contributed by atoms with Gasteiger partial charge >= 0.3 is 0 Å². The van der Waals surface area contributed by atoms with Crippen LogP contribution in [0, 0.1) is 0 Å². The Hall–Kier alpha value is -1.53. The molecule has 0 N–H and O–H groups in total. The van der Waals surface area contributed by atoms with Gasteiger partial charge in [-0.15, -0.1) is 11.6 Å². The van der Waals surface area contributed by atoms with Crippen LogP contribution in [0.4, 0.5) is 0 Å². The van der Waals surface area contributed by atoms with Crippen LogP contribution < -0.4 is 9.47 Å². The summed E-state index contributed by atoms with van der Waals surface area (Å²) in [6.45, 7) is 2.00. The molecule has 29 heavy (non-hydrogen) atoms. The number of rotatable bonds is 11. The molecule has 0 saturated heterocycles. The van der Waals surface area contributed by atoms with Crippen LogP contribution in [0.3, 0.4) is 0 Å². The van der Waals surface area contributed by atoms with Crippen molar-refractivity contribution in [2.75, 3.05) is 19.1 Å². The minimum absolute atomic E-state index is 0.551. The first kappa shape index (κ1) is 22.2. The SMILES string of the molecule is ClCCCOc1ccc(Sc2ccc(OCCCn3ccnc3)c(Cl)c2)cc1Cl. The van der Waals surface area contributed by atoms with Crippen molar-refractivity contribution < 1.29 is 9.47 Å². The number of halogens is 3. The van der Waals surface area contributed by atoms with E-state index >= 15 is 0 Å². The minimum Gasteiger partial charge on any atom is -0.492 e. The molecular formula is C21H21Cl3N2O2S. The van der Waals surface area contributed by atoms with E-state index in [1.54, 1.807) is 24.3 Å². The van der Waals surface area contributed by atoms with E-state index in [4.69, 9.17) is 44.3 Å². The van der Waals surface area contributed by atoms with Gasteiger partial charge in [0, 0.05) is 34.6 Å². The van der Waals surface area contributed by atoms with Crippen molar-refractivity contribution in [1.82, 2.24) is 9.55 Å². The summed E-state index contributed by atoms with van der Waals surface area (Å²) in [5.74, 6) is 1.91. The van der Waals surface area contributed by atoms with Gasteiger partial charge in [-0.05, 0) is 49.2 Å². The second-order valence-electron chi connectivity index (χ2n) is 6.18. The van der Waals surface area contributed by atoms with Crippen LogP contribution >= 0.6 is 46.6 Å². The number of imidazole rings is 1. The fourth-order valence-electron chi connectivity index (χ4n) is 2.55. The summed E-state index contributed by atoms with van der Waals surface area (Å²) in [6.07, 6.45) is 7.16. The summed E-state index contributed by atoms with van der Waals surface area (Å²) in [7, 11) is 0. The van der Waals surface area contributed by atoms with E-state index in [1.165, 1.54) is 0 Å². The Balaban J connectivity index is 1.52. The number of hydrogen-bond donors (Lipinski definition) is 0. The van der Waals surface area contributed by atoms with Gasteiger partial charge in [0.2, 0.25) is 0 Å². The second kappa shape index (κ2) is 11.6. The smallest absolute Gasteiger partial charge is 0.137 e. The molecule has 0 saturated carbocycles. The number of aromatic nitrogens is 2. The third kappa shape index (κ3) is 7.03. The van der Waals surface area contributed by atoms with Crippen LogP contribution in [0.2, 0.25) is 10.0 Å². The Morgan fingerprint density at radius 2 is 1.52 bits per heavy atom. The number of benzene rings is 2. The maximum absolute atomic E-state index is 6.39. The van der Waals surface area contributed by atoms with Gasteiger partial charge in [0.05, 0.1) is 29.6 Å². The van der Waals surface area contributed by atoms with Gasteiger partial charge in [-0.1, -0.05) is 35.0 Å². The van der Waals surface area contributed by atoms with Crippen LogP contribution in [0.25, 0.3) is 0 Å². The highest BCUT2D eigenvalue weighted by molar-refractivity contribution is 7.99. The zero-order valence-corrected chi connectivity index (χ0v) is 18.8. The van der Waals surface area contributed by atoms with Crippen LogP contribution in [-0.4, -0.2) is 28.6 Å². The molecule has 0 spiro atoms. The monoisotopic (exact) mass is 470 g/mol. The number of aryl methyl sites for hydroxylation is 1. The first-order valence-corrected chi connectivity index (χ1v) is 11.3. The van der Waals surface area contributed by atoms with Crippen LogP contribution in [0.15, 0.2) is 64.9 Å². The van der Waals surface area contributed by atoms with Crippen molar-refractivity contribution >= 4 is 46.6 Å². The molecule has 3 aromatic rings. The van der Waals surface area contributed by atoms with E-state index in [-0.39, 0.29) is 0 Å². The molecule has 0 bridgehead atoms. The highest BCUT2D eigenvalue weighted by Gasteiger charge is 2.08. The van der Waals surface area contributed by atoms with Crippen molar-refractivity contribution in [3.05, 3.63) is 65.2 Å². The third-order valence-corrected chi connectivity index (χ3v) is 5.79. The molecule has 0 aliphatic heterocycles. The summed E-state index contributed by atoms with van der Waals surface area (Å²) in [5.41, 5.74) is 0. The zero-order valence-electron chi connectivity index (χ0n) is 15.7. The Bertz CT molecular complexity index is 907. The van der Waals surface area contributed by atoms with E-state index in [0.717, 1.165) is 29.2 Å². The molecule has 1 heterocycles. The maximum Gasteiger partial charge on any atom is 0.137 e. The predicted molar refractivity (Wildman–Crippen MR) is 120 cm³/mol. The summed E-state index contributed by atoms with van der Waals surface area (Å²) < 4.78 is 13.4. The van der Waals surface area contributed by atoms with Crippen molar-refractivity contribution in [3.8, 4) is 11.5 Å². The molecule has 1 aromatic heterocycles. The lowest BCUT2D eigenvalue weighted by molar-refractivity contribution is 0.302. The molecule has 0 amide bonds. The maximum atomic E-state index is 6.39. The number of nitrogens with zero attached hydrogens (tertiary/aromatic N) is 2. The van der Waals surface area contributed by atoms with Gasteiger partial charge in [-0.3, -0.25) is 0 Å². The average Bonchev–Trinajstić information content (AvgIpc) is 3.22. The molecule has 3 rings (SSSR count). The average molecular weight is 472 g/mol. The molecule has 8 heteroatoms. The van der Waals surface area contributed by atoms with Crippen molar-refractivity contribution in [3.63, 3.8) is 0 Å². The van der Waals surface area contributed by atoms with Gasteiger partial charge in [0.25, 0.3) is 0 Å². The molecule has 0 atom stereocenters. The zero-order chi connectivity index (χ0) is 20.5.